The smallest absolute Gasteiger partial charge is 0.230 e. The standard InChI is InChI=1S/C21H29N3O2/c1-14(25)23-11-16-9-15(10-17(12-23)22(16)4)20(26)24-13-21(2,3)18-7-5-6-8-19(18)24/h5-8,15-17H,9-13H2,1-4H3/t15?,16-,17+. The van der Waals surface area contributed by atoms with Gasteiger partial charge < -0.3 is 9.80 Å². The van der Waals surface area contributed by atoms with Crippen molar-refractivity contribution < 1.29 is 9.59 Å². The van der Waals surface area contributed by atoms with Crippen LogP contribution in [0, 0.1) is 5.92 Å². The van der Waals surface area contributed by atoms with Crippen LogP contribution in [-0.4, -0.2) is 60.4 Å². The zero-order valence-corrected chi connectivity index (χ0v) is 16.2. The predicted octanol–water partition coefficient (Wildman–Crippen LogP) is 2.25. The van der Waals surface area contributed by atoms with E-state index in [0.717, 1.165) is 38.2 Å². The molecule has 3 aliphatic heterocycles. The van der Waals surface area contributed by atoms with Crippen LogP contribution in [0.15, 0.2) is 24.3 Å². The Morgan fingerprint density at radius 3 is 2.31 bits per heavy atom. The maximum absolute atomic E-state index is 13.4. The fourth-order valence-corrected chi connectivity index (χ4v) is 5.10. The van der Waals surface area contributed by atoms with Gasteiger partial charge in [-0.2, -0.15) is 0 Å². The molecule has 1 aromatic carbocycles. The molecule has 2 fully saturated rings. The van der Waals surface area contributed by atoms with Crippen molar-refractivity contribution in [2.45, 2.75) is 51.1 Å². The molecule has 3 atom stereocenters. The summed E-state index contributed by atoms with van der Waals surface area (Å²) in [4.78, 5) is 31.6. The van der Waals surface area contributed by atoms with Crippen molar-refractivity contribution in [1.29, 1.82) is 0 Å². The Balaban J connectivity index is 1.55. The monoisotopic (exact) mass is 355 g/mol. The first-order valence-corrected chi connectivity index (χ1v) is 9.66. The lowest BCUT2D eigenvalue weighted by Gasteiger charge is -2.50. The second-order valence-electron chi connectivity index (χ2n) is 8.89. The first kappa shape index (κ1) is 17.5. The van der Waals surface area contributed by atoms with Gasteiger partial charge >= 0.3 is 0 Å². The molecule has 3 heterocycles. The lowest BCUT2D eigenvalue weighted by molar-refractivity contribution is -0.137. The number of nitrogens with zero attached hydrogens (tertiary/aromatic N) is 3. The molecule has 2 saturated heterocycles. The second kappa shape index (κ2) is 6.08. The summed E-state index contributed by atoms with van der Waals surface area (Å²) in [6.07, 6.45) is 1.68. The number of fused-ring (bicyclic) bond motifs is 3. The van der Waals surface area contributed by atoms with Crippen LogP contribution in [-0.2, 0) is 15.0 Å². The molecule has 0 aliphatic carbocycles. The molecule has 3 aliphatic rings. The van der Waals surface area contributed by atoms with E-state index in [1.54, 1.807) is 6.92 Å². The van der Waals surface area contributed by atoms with Gasteiger partial charge in [0.05, 0.1) is 0 Å². The summed E-state index contributed by atoms with van der Waals surface area (Å²) < 4.78 is 0. The second-order valence-corrected chi connectivity index (χ2v) is 8.89. The van der Waals surface area contributed by atoms with E-state index >= 15 is 0 Å². The SMILES string of the molecule is CC(=O)N1C[C@H]2CC(C(=O)N3CC(C)(C)c4ccccc43)C[C@@H](C1)N2C. The molecule has 0 N–H and O–H groups in total. The highest BCUT2D eigenvalue weighted by Crippen LogP contribution is 2.42. The maximum Gasteiger partial charge on any atom is 0.230 e. The van der Waals surface area contributed by atoms with Gasteiger partial charge in [0, 0.05) is 55.7 Å². The normalized spacial score (nSPS) is 30.2. The number of rotatable bonds is 1. The van der Waals surface area contributed by atoms with Crippen molar-refractivity contribution in [3.8, 4) is 0 Å². The van der Waals surface area contributed by atoms with Crippen molar-refractivity contribution >= 4 is 17.5 Å². The molecule has 1 unspecified atom stereocenters. The predicted molar refractivity (Wildman–Crippen MR) is 102 cm³/mol. The van der Waals surface area contributed by atoms with E-state index in [1.165, 1.54) is 5.56 Å². The summed E-state index contributed by atoms with van der Waals surface area (Å²) in [6, 6.07) is 8.88. The van der Waals surface area contributed by atoms with E-state index in [2.05, 4.69) is 44.0 Å². The van der Waals surface area contributed by atoms with Crippen molar-refractivity contribution in [1.82, 2.24) is 9.80 Å². The van der Waals surface area contributed by atoms with Gasteiger partial charge in [-0.25, -0.2) is 0 Å². The summed E-state index contributed by atoms with van der Waals surface area (Å²) in [7, 11) is 2.14. The van der Waals surface area contributed by atoms with Gasteiger partial charge in [-0.05, 0) is 31.5 Å². The number of carbonyl (C=O) groups is 2. The van der Waals surface area contributed by atoms with Gasteiger partial charge in [0.1, 0.15) is 0 Å². The van der Waals surface area contributed by atoms with Gasteiger partial charge in [0.15, 0.2) is 0 Å². The molecule has 26 heavy (non-hydrogen) atoms. The Morgan fingerprint density at radius 1 is 1.08 bits per heavy atom. The molecule has 0 aromatic heterocycles. The third-order valence-corrected chi connectivity index (χ3v) is 6.67. The Morgan fingerprint density at radius 2 is 1.69 bits per heavy atom. The van der Waals surface area contributed by atoms with Crippen LogP contribution in [0.3, 0.4) is 0 Å². The summed E-state index contributed by atoms with van der Waals surface area (Å²) in [5.74, 6) is 0.466. The van der Waals surface area contributed by atoms with Crippen molar-refractivity contribution in [2.75, 3.05) is 31.6 Å². The molecule has 4 rings (SSSR count). The third-order valence-electron chi connectivity index (χ3n) is 6.67. The minimum Gasteiger partial charge on any atom is -0.340 e. The summed E-state index contributed by atoms with van der Waals surface area (Å²) >= 11 is 0. The van der Waals surface area contributed by atoms with Gasteiger partial charge in [0.2, 0.25) is 11.8 Å². The molecule has 140 valence electrons. The van der Waals surface area contributed by atoms with Gasteiger partial charge in [-0.1, -0.05) is 32.0 Å². The molecular formula is C21H29N3O2. The molecule has 1 aromatic rings. The van der Waals surface area contributed by atoms with Gasteiger partial charge in [0.25, 0.3) is 0 Å². The number of piperidine rings is 1. The highest BCUT2D eigenvalue weighted by Gasteiger charge is 2.45. The van der Waals surface area contributed by atoms with Gasteiger partial charge in [-0.3, -0.25) is 14.5 Å². The molecule has 2 amide bonds. The number of likely N-dealkylation sites (tertiary alicyclic amines) is 1. The van der Waals surface area contributed by atoms with E-state index in [-0.39, 0.29) is 35.2 Å². The lowest BCUT2D eigenvalue weighted by atomic mass is 9.82. The number of hydrogen-bond acceptors (Lipinski definition) is 3. The van der Waals surface area contributed by atoms with Crippen LogP contribution in [0.1, 0.15) is 39.2 Å². The quantitative estimate of drug-likeness (QED) is 0.776. The maximum atomic E-state index is 13.4. The Labute approximate surface area is 155 Å². The zero-order valence-electron chi connectivity index (χ0n) is 16.2. The lowest BCUT2D eigenvalue weighted by Crippen LogP contribution is -2.62. The molecule has 0 radical (unpaired) electrons. The number of para-hydroxylation sites is 1. The van der Waals surface area contributed by atoms with Crippen LogP contribution in [0.4, 0.5) is 5.69 Å². The topological polar surface area (TPSA) is 43.9 Å². The van der Waals surface area contributed by atoms with Crippen LogP contribution in [0.25, 0.3) is 0 Å². The van der Waals surface area contributed by atoms with Crippen LogP contribution >= 0.6 is 0 Å². The largest absolute Gasteiger partial charge is 0.340 e. The van der Waals surface area contributed by atoms with Crippen molar-refractivity contribution in [3.63, 3.8) is 0 Å². The van der Waals surface area contributed by atoms with E-state index in [9.17, 15) is 9.59 Å². The van der Waals surface area contributed by atoms with E-state index < -0.39 is 0 Å². The fourth-order valence-electron chi connectivity index (χ4n) is 5.10. The first-order chi connectivity index (χ1) is 12.3. The third kappa shape index (κ3) is 2.73. The minimum absolute atomic E-state index is 0.000980. The van der Waals surface area contributed by atoms with Crippen molar-refractivity contribution in [2.24, 2.45) is 5.92 Å². The number of hydrogen-bond donors (Lipinski definition) is 0. The average Bonchev–Trinajstić information content (AvgIpc) is 2.85. The Kier molecular flexibility index (Phi) is 4.10. The van der Waals surface area contributed by atoms with Crippen LogP contribution < -0.4 is 4.90 Å². The Bertz CT molecular complexity index is 729. The Hall–Kier alpha value is -1.88. The van der Waals surface area contributed by atoms with Crippen LogP contribution in [0.2, 0.25) is 0 Å². The number of amides is 2. The van der Waals surface area contributed by atoms with Gasteiger partial charge in [-0.15, -0.1) is 0 Å². The molecule has 5 nitrogen and oxygen atoms in total. The molecule has 0 spiro atoms. The number of benzene rings is 1. The zero-order chi connectivity index (χ0) is 18.6. The summed E-state index contributed by atoms with van der Waals surface area (Å²) in [5, 5.41) is 0. The summed E-state index contributed by atoms with van der Waals surface area (Å²) in [5.41, 5.74) is 2.35. The summed E-state index contributed by atoms with van der Waals surface area (Å²) in [6.45, 7) is 8.32. The van der Waals surface area contributed by atoms with Crippen molar-refractivity contribution in [3.05, 3.63) is 29.8 Å². The minimum atomic E-state index is -0.000980. The molecule has 2 bridgehead atoms. The number of anilines is 1. The van der Waals surface area contributed by atoms with E-state index in [4.69, 9.17) is 0 Å². The van der Waals surface area contributed by atoms with E-state index in [1.807, 2.05) is 15.9 Å². The van der Waals surface area contributed by atoms with E-state index in [0.29, 0.717) is 0 Å². The molecule has 5 heteroatoms. The number of carbonyl (C=O) groups excluding carboxylic acids is 2. The average molecular weight is 355 g/mol. The number of likely N-dealkylation sites (N-methyl/N-ethyl adjacent to an activating group) is 1. The molecule has 0 saturated carbocycles. The highest BCUT2D eigenvalue weighted by atomic mass is 16.2. The first-order valence-electron chi connectivity index (χ1n) is 9.66. The van der Waals surface area contributed by atoms with Crippen LogP contribution in [0.5, 0.6) is 0 Å². The highest BCUT2D eigenvalue weighted by molar-refractivity contribution is 5.98. The number of piperazine rings is 1. The molecular weight excluding hydrogens is 326 g/mol. The fraction of sp³-hybridized carbons (Fsp3) is 0.619.